The summed E-state index contributed by atoms with van der Waals surface area (Å²) in [6, 6.07) is 14.4. The average Bonchev–Trinajstić information content (AvgIpc) is 2.56. The Hall–Kier alpha value is -1.94. The van der Waals surface area contributed by atoms with E-state index < -0.39 is 0 Å². The summed E-state index contributed by atoms with van der Waals surface area (Å²) in [5, 5.41) is 2.97. The molecule has 0 aliphatic carbocycles. The molecule has 0 aromatic heterocycles. The zero-order chi connectivity index (χ0) is 17.5. The zero-order valence-corrected chi connectivity index (χ0v) is 15.7. The Kier molecular flexibility index (Phi) is 6.73. The van der Waals surface area contributed by atoms with Crippen LogP contribution in [0.4, 0.5) is 11.4 Å². The first-order valence-corrected chi connectivity index (χ1v) is 9.37. The molecule has 1 amide bonds. The number of benzene rings is 2. The van der Waals surface area contributed by atoms with E-state index in [2.05, 4.69) is 68.2 Å². The smallest absolute Gasteiger partial charge is 0.234 e. The highest BCUT2D eigenvalue weighted by Crippen LogP contribution is 2.23. The van der Waals surface area contributed by atoms with E-state index in [0.29, 0.717) is 5.75 Å². The fourth-order valence-corrected chi connectivity index (χ4v) is 3.46. The third-order valence-electron chi connectivity index (χ3n) is 3.97. The van der Waals surface area contributed by atoms with Gasteiger partial charge in [0.25, 0.3) is 0 Å². The Morgan fingerprint density at radius 3 is 2.29 bits per heavy atom. The Bertz CT molecular complexity index is 679. The predicted molar refractivity (Wildman–Crippen MR) is 105 cm³/mol. The summed E-state index contributed by atoms with van der Waals surface area (Å²) in [6.45, 7) is 10.4. The highest BCUT2D eigenvalue weighted by Gasteiger charge is 2.07. The number of anilines is 2. The lowest BCUT2D eigenvalue weighted by atomic mass is 10.2. The summed E-state index contributed by atoms with van der Waals surface area (Å²) < 4.78 is 0. The van der Waals surface area contributed by atoms with Crippen molar-refractivity contribution in [2.24, 2.45) is 0 Å². The van der Waals surface area contributed by atoms with Crippen LogP contribution in [0.15, 0.2) is 47.4 Å². The highest BCUT2D eigenvalue weighted by atomic mass is 32.2. The maximum absolute atomic E-state index is 12.2. The summed E-state index contributed by atoms with van der Waals surface area (Å²) >= 11 is 1.58. The van der Waals surface area contributed by atoms with Crippen molar-refractivity contribution in [3.8, 4) is 0 Å². The third-order valence-corrected chi connectivity index (χ3v) is 5.14. The third kappa shape index (κ3) is 5.03. The van der Waals surface area contributed by atoms with Crippen molar-refractivity contribution < 1.29 is 4.79 Å². The minimum Gasteiger partial charge on any atom is -0.372 e. The number of nitrogens with one attached hydrogen (secondary N) is 1. The normalized spacial score (nSPS) is 10.5. The first-order chi connectivity index (χ1) is 11.5. The van der Waals surface area contributed by atoms with Crippen LogP contribution in [0, 0.1) is 13.8 Å². The average molecular weight is 343 g/mol. The van der Waals surface area contributed by atoms with E-state index in [1.54, 1.807) is 11.8 Å². The summed E-state index contributed by atoms with van der Waals surface area (Å²) in [5.41, 5.74) is 4.49. The van der Waals surface area contributed by atoms with Crippen LogP contribution < -0.4 is 10.2 Å². The fraction of sp³-hybridized carbons (Fsp3) is 0.350. The highest BCUT2D eigenvalue weighted by molar-refractivity contribution is 8.00. The number of carbonyl (C=O) groups excluding carboxylic acids is 1. The van der Waals surface area contributed by atoms with Crippen molar-refractivity contribution in [3.05, 3.63) is 53.6 Å². The van der Waals surface area contributed by atoms with Crippen LogP contribution in [0.2, 0.25) is 0 Å². The zero-order valence-electron chi connectivity index (χ0n) is 14.9. The summed E-state index contributed by atoms with van der Waals surface area (Å²) in [5.74, 6) is 0.442. The number of carbonyl (C=O) groups is 1. The topological polar surface area (TPSA) is 32.3 Å². The van der Waals surface area contributed by atoms with Crippen LogP contribution in [0.25, 0.3) is 0 Å². The number of hydrogen-bond donors (Lipinski definition) is 1. The second kappa shape index (κ2) is 8.78. The van der Waals surface area contributed by atoms with Crippen LogP contribution in [0.1, 0.15) is 25.0 Å². The van der Waals surface area contributed by atoms with Crippen LogP contribution in [-0.2, 0) is 4.79 Å². The van der Waals surface area contributed by atoms with Crippen LogP contribution >= 0.6 is 11.8 Å². The molecule has 1 N–H and O–H groups in total. The molecule has 3 nitrogen and oxygen atoms in total. The molecule has 2 aromatic rings. The Labute approximate surface area is 149 Å². The number of thioether (sulfide) groups is 1. The van der Waals surface area contributed by atoms with Gasteiger partial charge in [-0.3, -0.25) is 4.79 Å². The van der Waals surface area contributed by atoms with Crippen molar-refractivity contribution in [1.29, 1.82) is 0 Å². The molecule has 0 saturated heterocycles. The maximum Gasteiger partial charge on any atom is 0.234 e. The van der Waals surface area contributed by atoms with Gasteiger partial charge in [-0.25, -0.2) is 0 Å². The first kappa shape index (κ1) is 18.4. The van der Waals surface area contributed by atoms with E-state index in [9.17, 15) is 4.79 Å². The minimum absolute atomic E-state index is 0.0237. The SMILES string of the molecule is CCN(CC)c1ccc(NC(=O)CSc2ccc(C)cc2C)cc1. The van der Waals surface area contributed by atoms with Gasteiger partial charge in [-0.2, -0.15) is 0 Å². The molecule has 0 aliphatic heterocycles. The standard InChI is InChI=1S/C20H26N2OS/c1-5-22(6-2)18-10-8-17(9-11-18)21-20(23)14-24-19-12-7-15(3)13-16(19)4/h7-13H,5-6,14H2,1-4H3,(H,21,23). The summed E-state index contributed by atoms with van der Waals surface area (Å²) in [6.07, 6.45) is 0. The molecular formula is C20H26N2OS. The van der Waals surface area contributed by atoms with Crippen molar-refractivity contribution >= 4 is 29.0 Å². The van der Waals surface area contributed by atoms with Gasteiger partial charge in [-0.15, -0.1) is 11.8 Å². The van der Waals surface area contributed by atoms with Crippen molar-refractivity contribution in [3.63, 3.8) is 0 Å². The molecule has 0 bridgehead atoms. The second-order valence-corrected chi connectivity index (χ2v) is 6.84. The van der Waals surface area contributed by atoms with E-state index >= 15 is 0 Å². The van der Waals surface area contributed by atoms with Crippen LogP contribution in [0.5, 0.6) is 0 Å². The monoisotopic (exact) mass is 342 g/mol. The number of aryl methyl sites for hydroxylation is 2. The lowest BCUT2D eigenvalue weighted by Crippen LogP contribution is -2.21. The van der Waals surface area contributed by atoms with E-state index in [1.165, 1.54) is 16.8 Å². The van der Waals surface area contributed by atoms with Gasteiger partial charge in [0.1, 0.15) is 0 Å². The molecule has 0 atom stereocenters. The molecule has 2 aromatic carbocycles. The molecule has 0 aliphatic rings. The van der Waals surface area contributed by atoms with Crippen molar-refractivity contribution in [1.82, 2.24) is 0 Å². The molecule has 0 heterocycles. The largest absolute Gasteiger partial charge is 0.372 e. The molecular weight excluding hydrogens is 316 g/mol. The molecule has 24 heavy (non-hydrogen) atoms. The van der Waals surface area contributed by atoms with Gasteiger partial charge in [0.2, 0.25) is 5.91 Å². The van der Waals surface area contributed by atoms with E-state index in [4.69, 9.17) is 0 Å². The molecule has 4 heteroatoms. The first-order valence-electron chi connectivity index (χ1n) is 8.38. The minimum atomic E-state index is 0.0237. The maximum atomic E-state index is 12.2. The molecule has 128 valence electrons. The van der Waals surface area contributed by atoms with Gasteiger partial charge in [0, 0.05) is 29.4 Å². The van der Waals surface area contributed by atoms with E-state index in [1.807, 2.05) is 12.1 Å². The molecule has 0 spiro atoms. The summed E-state index contributed by atoms with van der Waals surface area (Å²) in [7, 11) is 0. The second-order valence-electron chi connectivity index (χ2n) is 5.82. The lowest BCUT2D eigenvalue weighted by Gasteiger charge is -2.21. The fourth-order valence-electron chi connectivity index (χ4n) is 2.65. The predicted octanol–water partition coefficient (Wildman–Crippen LogP) is 4.88. The van der Waals surface area contributed by atoms with E-state index in [0.717, 1.165) is 23.7 Å². The van der Waals surface area contributed by atoms with E-state index in [-0.39, 0.29) is 5.91 Å². The lowest BCUT2D eigenvalue weighted by molar-refractivity contribution is -0.113. The van der Waals surface area contributed by atoms with Gasteiger partial charge >= 0.3 is 0 Å². The number of nitrogens with zero attached hydrogens (tertiary/aromatic N) is 1. The van der Waals surface area contributed by atoms with Crippen molar-refractivity contribution in [2.45, 2.75) is 32.6 Å². The summed E-state index contributed by atoms with van der Waals surface area (Å²) in [4.78, 5) is 15.6. The van der Waals surface area contributed by atoms with Crippen molar-refractivity contribution in [2.75, 3.05) is 29.1 Å². The van der Waals surface area contributed by atoms with Gasteiger partial charge in [-0.05, 0) is 63.6 Å². The van der Waals surface area contributed by atoms with Gasteiger partial charge in [0.15, 0.2) is 0 Å². The molecule has 0 fully saturated rings. The number of hydrogen-bond acceptors (Lipinski definition) is 3. The number of rotatable bonds is 7. The molecule has 0 unspecified atom stereocenters. The molecule has 2 rings (SSSR count). The van der Waals surface area contributed by atoms with Crippen LogP contribution in [0.3, 0.4) is 0 Å². The van der Waals surface area contributed by atoms with Gasteiger partial charge in [0.05, 0.1) is 5.75 Å². The van der Waals surface area contributed by atoms with Gasteiger partial charge in [-0.1, -0.05) is 17.7 Å². The molecule has 0 saturated carbocycles. The van der Waals surface area contributed by atoms with Crippen LogP contribution in [-0.4, -0.2) is 24.7 Å². The van der Waals surface area contributed by atoms with Gasteiger partial charge < -0.3 is 10.2 Å². The molecule has 0 radical (unpaired) electrons. The number of amides is 1. The Balaban J connectivity index is 1.90. The quantitative estimate of drug-likeness (QED) is 0.728. The Morgan fingerprint density at radius 2 is 1.71 bits per heavy atom. The Morgan fingerprint density at radius 1 is 1.04 bits per heavy atom.